The molecule has 1 saturated heterocycles. The SMILES string of the molecule is CC1CN(Cc2ccccc2)CCCN1S(C)(=O)=O. The Morgan fingerprint density at radius 1 is 1.21 bits per heavy atom. The van der Waals surface area contributed by atoms with E-state index in [4.69, 9.17) is 0 Å². The van der Waals surface area contributed by atoms with Crippen molar-refractivity contribution in [3.8, 4) is 0 Å². The molecule has 1 unspecified atom stereocenters. The van der Waals surface area contributed by atoms with Gasteiger partial charge in [-0.2, -0.15) is 4.31 Å². The third-order valence-electron chi connectivity index (χ3n) is 3.54. The maximum absolute atomic E-state index is 11.7. The Hall–Kier alpha value is -0.910. The van der Waals surface area contributed by atoms with Crippen molar-refractivity contribution in [1.29, 1.82) is 0 Å². The summed E-state index contributed by atoms with van der Waals surface area (Å²) in [4.78, 5) is 2.34. The fraction of sp³-hybridized carbons (Fsp3) is 0.571. The van der Waals surface area contributed by atoms with Gasteiger partial charge in [0.05, 0.1) is 6.26 Å². The fourth-order valence-electron chi connectivity index (χ4n) is 2.70. The molecule has 4 nitrogen and oxygen atoms in total. The summed E-state index contributed by atoms with van der Waals surface area (Å²) in [5.74, 6) is 0. The largest absolute Gasteiger partial charge is 0.297 e. The van der Waals surface area contributed by atoms with E-state index in [-0.39, 0.29) is 6.04 Å². The zero-order valence-electron chi connectivity index (χ0n) is 11.6. The van der Waals surface area contributed by atoms with E-state index in [1.165, 1.54) is 11.8 Å². The van der Waals surface area contributed by atoms with E-state index in [0.29, 0.717) is 6.54 Å². The van der Waals surface area contributed by atoms with Crippen molar-refractivity contribution < 1.29 is 8.42 Å². The lowest BCUT2D eigenvalue weighted by molar-refractivity contribution is 0.244. The van der Waals surface area contributed by atoms with Gasteiger partial charge in [0, 0.05) is 25.7 Å². The minimum atomic E-state index is -3.09. The van der Waals surface area contributed by atoms with Crippen LogP contribution in [0, 0.1) is 0 Å². The molecule has 1 aliphatic heterocycles. The zero-order chi connectivity index (χ0) is 13.9. The van der Waals surface area contributed by atoms with Gasteiger partial charge in [0.1, 0.15) is 0 Å². The lowest BCUT2D eigenvalue weighted by Gasteiger charge is -2.27. The molecule has 1 aliphatic rings. The van der Waals surface area contributed by atoms with Gasteiger partial charge in [-0.15, -0.1) is 0 Å². The van der Waals surface area contributed by atoms with Gasteiger partial charge in [-0.05, 0) is 25.5 Å². The Kier molecular flexibility index (Phi) is 4.60. The molecular weight excluding hydrogens is 260 g/mol. The highest BCUT2D eigenvalue weighted by molar-refractivity contribution is 7.88. The molecule has 0 aromatic heterocycles. The predicted molar refractivity (Wildman–Crippen MR) is 77.3 cm³/mol. The number of sulfonamides is 1. The van der Waals surface area contributed by atoms with Crippen molar-refractivity contribution in [2.75, 3.05) is 25.9 Å². The summed E-state index contributed by atoms with van der Waals surface area (Å²) in [7, 11) is -3.09. The molecule has 0 spiro atoms. The van der Waals surface area contributed by atoms with E-state index < -0.39 is 10.0 Å². The molecular formula is C14H22N2O2S. The van der Waals surface area contributed by atoms with Gasteiger partial charge in [0.2, 0.25) is 10.0 Å². The molecule has 19 heavy (non-hydrogen) atoms. The summed E-state index contributed by atoms with van der Waals surface area (Å²) in [5, 5.41) is 0. The summed E-state index contributed by atoms with van der Waals surface area (Å²) in [5.41, 5.74) is 1.28. The maximum Gasteiger partial charge on any atom is 0.211 e. The zero-order valence-corrected chi connectivity index (χ0v) is 12.4. The van der Waals surface area contributed by atoms with Crippen molar-refractivity contribution in [3.05, 3.63) is 35.9 Å². The van der Waals surface area contributed by atoms with Crippen molar-refractivity contribution in [3.63, 3.8) is 0 Å². The molecule has 0 N–H and O–H groups in total. The van der Waals surface area contributed by atoms with E-state index in [1.54, 1.807) is 4.31 Å². The molecule has 106 valence electrons. The highest BCUT2D eigenvalue weighted by Crippen LogP contribution is 2.15. The van der Waals surface area contributed by atoms with Crippen LogP contribution in [0.2, 0.25) is 0 Å². The van der Waals surface area contributed by atoms with Gasteiger partial charge in [0.25, 0.3) is 0 Å². The number of hydrogen-bond acceptors (Lipinski definition) is 3. The highest BCUT2D eigenvalue weighted by Gasteiger charge is 2.27. The van der Waals surface area contributed by atoms with Crippen molar-refractivity contribution in [2.24, 2.45) is 0 Å². The standard InChI is InChI=1S/C14H22N2O2S/c1-13-11-15(12-14-7-4-3-5-8-14)9-6-10-16(13)19(2,17)18/h3-5,7-8,13H,6,9-12H2,1-2H3. The van der Waals surface area contributed by atoms with Gasteiger partial charge in [-0.3, -0.25) is 4.90 Å². The van der Waals surface area contributed by atoms with E-state index in [0.717, 1.165) is 26.1 Å². The minimum Gasteiger partial charge on any atom is -0.297 e. The summed E-state index contributed by atoms with van der Waals surface area (Å²) in [6.45, 7) is 5.26. The second-order valence-electron chi connectivity index (χ2n) is 5.30. The second-order valence-corrected chi connectivity index (χ2v) is 7.23. The number of benzene rings is 1. The van der Waals surface area contributed by atoms with Gasteiger partial charge < -0.3 is 0 Å². The quantitative estimate of drug-likeness (QED) is 0.844. The smallest absolute Gasteiger partial charge is 0.211 e. The summed E-state index contributed by atoms with van der Waals surface area (Å²) >= 11 is 0. The Morgan fingerprint density at radius 3 is 2.53 bits per heavy atom. The first-order valence-electron chi connectivity index (χ1n) is 6.70. The first-order chi connectivity index (χ1) is 8.97. The molecule has 0 saturated carbocycles. The minimum absolute atomic E-state index is 0.0428. The normalized spacial score (nSPS) is 23.2. The first-order valence-corrected chi connectivity index (χ1v) is 8.55. The van der Waals surface area contributed by atoms with Crippen LogP contribution in [0.4, 0.5) is 0 Å². The van der Waals surface area contributed by atoms with Crippen LogP contribution in [0.15, 0.2) is 30.3 Å². The Morgan fingerprint density at radius 2 is 1.89 bits per heavy atom. The fourth-order valence-corrected chi connectivity index (χ4v) is 3.89. The van der Waals surface area contributed by atoms with E-state index >= 15 is 0 Å². The van der Waals surface area contributed by atoms with E-state index in [1.807, 2.05) is 25.1 Å². The van der Waals surface area contributed by atoms with Crippen LogP contribution in [0.3, 0.4) is 0 Å². The van der Waals surface area contributed by atoms with Crippen LogP contribution in [-0.4, -0.2) is 49.6 Å². The predicted octanol–water partition coefficient (Wildman–Crippen LogP) is 1.54. The second kappa shape index (κ2) is 6.03. The van der Waals surface area contributed by atoms with Gasteiger partial charge in [-0.25, -0.2) is 8.42 Å². The van der Waals surface area contributed by atoms with Gasteiger partial charge in [0.15, 0.2) is 0 Å². The highest BCUT2D eigenvalue weighted by atomic mass is 32.2. The molecule has 0 amide bonds. The van der Waals surface area contributed by atoms with E-state index in [9.17, 15) is 8.42 Å². The Labute approximate surface area is 116 Å². The molecule has 5 heteroatoms. The maximum atomic E-state index is 11.7. The molecule has 1 fully saturated rings. The monoisotopic (exact) mass is 282 g/mol. The molecule has 2 rings (SSSR count). The molecule has 1 aromatic carbocycles. The molecule has 0 radical (unpaired) electrons. The summed E-state index contributed by atoms with van der Waals surface area (Å²) < 4.78 is 25.1. The molecule has 1 heterocycles. The van der Waals surface area contributed by atoms with Crippen molar-refractivity contribution in [1.82, 2.24) is 9.21 Å². The first kappa shape index (κ1) is 14.5. The van der Waals surface area contributed by atoms with Crippen molar-refractivity contribution in [2.45, 2.75) is 25.9 Å². The van der Waals surface area contributed by atoms with Crippen LogP contribution >= 0.6 is 0 Å². The molecule has 1 atom stereocenters. The van der Waals surface area contributed by atoms with Crippen LogP contribution in [0.1, 0.15) is 18.9 Å². The third kappa shape index (κ3) is 4.03. The average molecular weight is 282 g/mol. The summed E-state index contributed by atoms with van der Waals surface area (Å²) in [6, 6.07) is 10.4. The summed E-state index contributed by atoms with van der Waals surface area (Å²) in [6.07, 6.45) is 2.20. The number of rotatable bonds is 3. The van der Waals surface area contributed by atoms with Crippen LogP contribution in [-0.2, 0) is 16.6 Å². The Bertz CT molecular complexity index is 501. The number of nitrogens with zero attached hydrogens (tertiary/aromatic N) is 2. The van der Waals surface area contributed by atoms with Crippen LogP contribution in [0.25, 0.3) is 0 Å². The van der Waals surface area contributed by atoms with Gasteiger partial charge >= 0.3 is 0 Å². The van der Waals surface area contributed by atoms with Crippen LogP contribution < -0.4 is 0 Å². The van der Waals surface area contributed by atoms with Crippen molar-refractivity contribution >= 4 is 10.0 Å². The third-order valence-corrected chi connectivity index (χ3v) is 4.94. The van der Waals surface area contributed by atoms with Crippen LogP contribution in [0.5, 0.6) is 0 Å². The van der Waals surface area contributed by atoms with Gasteiger partial charge in [-0.1, -0.05) is 30.3 Å². The topological polar surface area (TPSA) is 40.6 Å². The lowest BCUT2D eigenvalue weighted by atomic mass is 10.2. The lowest BCUT2D eigenvalue weighted by Crippen LogP contribution is -2.41. The molecule has 0 aliphatic carbocycles. The number of hydrogen-bond donors (Lipinski definition) is 0. The van der Waals surface area contributed by atoms with E-state index in [2.05, 4.69) is 17.0 Å². The molecule has 1 aromatic rings. The Balaban J connectivity index is 2.03. The average Bonchev–Trinajstić information content (AvgIpc) is 2.51. The molecule has 0 bridgehead atoms.